The summed E-state index contributed by atoms with van der Waals surface area (Å²) < 4.78 is 13.0. The van der Waals surface area contributed by atoms with Crippen molar-refractivity contribution >= 4 is 23.6 Å². The summed E-state index contributed by atoms with van der Waals surface area (Å²) in [4.78, 5) is 22.7. The first kappa shape index (κ1) is 17.2. The van der Waals surface area contributed by atoms with Crippen LogP contribution in [0.1, 0.15) is 25.8 Å². The number of carboxylic acids is 1. The van der Waals surface area contributed by atoms with Crippen LogP contribution in [0.15, 0.2) is 18.2 Å². The van der Waals surface area contributed by atoms with E-state index in [0.29, 0.717) is 12.0 Å². The topological polar surface area (TPSA) is 78.4 Å². The van der Waals surface area contributed by atoms with Crippen LogP contribution in [0.25, 0.3) is 0 Å². The lowest BCUT2D eigenvalue weighted by Crippen LogP contribution is -2.46. The number of benzene rings is 1. The van der Waals surface area contributed by atoms with E-state index in [1.165, 1.54) is 18.2 Å². The SMILES string of the molecule is CC(C)C[C@H](NC(=O)NCc1ccc(F)c(Cl)c1)C(=O)O. The summed E-state index contributed by atoms with van der Waals surface area (Å²) in [5.41, 5.74) is 0.618. The van der Waals surface area contributed by atoms with Crippen molar-refractivity contribution in [3.8, 4) is 0 Å². The summed E-state index contributed by atoms with van der Waals surface area (Å²) in [5.74, 6) is -1.47. The van der Waals surface area contributed by atoms with Crippen molar-refractivity contribution in [2.75, 3.05) is 0 Å². The van der Waals surface area contributed by atoms with Gasteiger partial charge in [-0.2, -0.15) is 0 Å². The minimum absolute atomic E-state index is 0.0297. The molecule has 1 aromatic rings. The number of nitrogens with one attached hydrogen (secondary N) is 2. The van der Waals surface area contributed by atoms with Gasteiger partial charge in [-0.25, -0.2) is 14.0 Å². The molecule has 116 valence electrons. The Balaban J connectivity index is 2.52. The fourth-order valence-electron chi connectivity index (χ4n) is 1.73. The normalized spacial score (nSPS) is 12.0. The summed E-state index contributed by atoms with van der Waals surface area (Å²) in [5, 5.41) is 13.9. The van der Waals surface area contributed by atoms with E-state index >= 15 is 0 Å². The summed E-state index contributed by atoms with van der Waals surface area (Å²) in [6.45, 7) is 3.87. The van der Waals surface area contributed by atoms with E-state index in [4.69, 9.17) is 16.7 Å². The van der Waals surface area contributed by atoms with Crippen molar-refractivity contribution in [3.05, 3.63) is 34.6 Å². The minimum Gasteiger partial charge on any atom is -0.480 e. The van der Waals surface area contributed by atoms with Crippen LogP contribution in [0.3, 0.4) is 0 Å². The van der Waals surface area contributed by atoms with Gasteiger partial charge in [0.15, 0.2) is 0 Å². The Kier molecular flexibility index (Phi) is 6.42. The molecule has 0 aliphatic carbocycles. The number of hydrogen-bond donors (Lipinski definition) is 3. The van der Waals surface area contributed by atoms with Crippen molar-refractivity contribution < 1.29 is 19.1 Å². The predicted octanol–water partition coefficient (Wildman–Crippen LogP) is 2.78. The van der Waals surface area contributed by atoms with Crippen LogP contribution in [-0.2, 0) is 11.3 Å². The molecule has 1 rings (SSSR count). The highest BCUT2D eigenvalue weighted by atomic mass is 35.5. The lowest BCUT2D eigenvalue weighted by atomic mass is 10.0. The molecular formula is C14H18ClFN2O3. The Morgan fingerprint density at radius 1 is 1.38 bits per heavy atom. The van der Waals surface area contributed by atoms with E-state index < -0.39 is 23.9 Å². The molecule has 0 unspecified atom stereocenters. The quantitative estimate of drug-likeness (QED) is 0.755. The molecule has 0 heterocycles. The molecule has 21 heavy (non-hydrogen) atoms. The maximum Gasteiger partial charge on any atom is 0.326 e. The minimum atomic E-state index is -1.08. The molecule has 3 N–H and O–H groups in total. The molecule has 0 bridgehead atoms. The molecule has 2 amide bonds. The third-order valence-corrected chi connectivity index (χ3v) is 3.04. The lowest BCUT2D eigenvalue weighted by molar-refractivity contribution is -0.139. The Bertz CT molecular complexity index is 523. The van der Waals surface area contributed by atoms with Crippen molar-refractivity contribution in [3.63, 3.8) is 0 Å². The molecule has 0 spiro atoms. The second kappa shape index (κ2) is 7.83. The van der Waals surface area contributed by atoms with E-state index in [1.807, 2.05) is 13.8 Å². The number of aliphatic carboxylic acids is 1. The maximum absolute atomic E-state index is 13.0. The lowest BCUT2D eigenvalue weighted by Gasteiger charge is -2.17. The van der Waals surface area contributed by atoms with Gasteiger partial charge in [-0.1, -0.05) is 31.5 Å². The number of halogens is 2. The van der Waals surface area contributed by atoms with Gasteiger partial charge in [-0.05, 0) is 30.0 Å². The molecule has 0 aliphatic rings. The maximum atomic E-state index is 13.0. The number of rotatable bonds is 6. The number of hydrogen-bond acceptors (Lipinski definition) is 2. The number of carboxylic acid groups (broad SMARTS) is 1. The molecule has 0 radical (unpaired) electrons. The van der Waals surface area contributed by atoms with Crippen LogP contribution >= 0.6 is 11.6 Å². The number of urea groups is 1. The Labute approximate surface area is 127 Å². The van der Waals surface area contributed by atoms with E-state index in [-0.39, 0.29) is 17.5 Å². The van der Waals surface area contributed by atoms with Crippen LogP contribution < -0.4 is 10.6 Å². The van der Waals surface area contributed by atoms with Crippen molar-refractivity contribution in [2.45, 2.75) is 32.9 Å². The summed E-state index contributed by atoms with van der Waals surface area (Å²) >= 11 is 5.63. The van der Waals surface area contributed by atoms with Gasteiger partial charge in [0.25, 0.3) is 0 Å². The Hall–Kier alpha value is -1.82. The van der Waals surface area contributed by atoms with Gasteiger partial charge in [-0.15, -0.1) is 0 Å². The zero-order valence-corrected chi connectivity index (χ0v) is 12.6. The standard InChI is InChI=1S/C14H18ClFN2O3/c1-8(2)5-12(13(19)20)18-14(21)17-7-9-3-4-11(16)10(15)6-9/h3-4,6,8,12H,5,7H2,1-2H3,(H,19,20)(H2,17,18,21)/t12-/m0/s1. The van der Waals surface area contributed by atoms with E-state index in [2.05, 4.69) is 10.6 Å². The average Bonchev–Trinajstić information content (AvgIpc) is 2.38. The van der Waals surface area contributed by atoms with Crippen molar-refractivity contribution in [1.29, 1.82) is 0 Å². The Morgan fingerprint density at radius 3 is 2.57 bits per heavy atom. The molecule has 0 saturated heterocycles. The summed E-state index contributed by atoms with van der Waals surface area (Å²) in [6, 6.07) is 2.56. The highest BCUT2D eigenvalue weighted by molar-refractivity contribution is 6.30. The van der Waals surface area contributed by atoms with Gasteiger partial charge in [0.2, 0.25) is 0 Å². The molecule has 1 aromatic carbocycles. The molecule has 5 nitrogen and oxygen atoms in total. The number of carbonyl (C=O) groups excluding carboxylic acids is 1. The van der Waals surface area contributed by atoms with Crippen LogP contribution in [0.2, 0.25) is 5.02 Å². The number of amides is 2. The summed E-state index contributed by atoms with van der Waals surface area (Å²) in [6.07, 6.45) is 0.338. The van der Waals surface area contributed by atoms with Crippen LogP contribution in [0.4, 0.5) is 9.18 Å². The fraction of sp³-hybridized carbons (Fsp3) is 0.429. The second-order valence-corrected chi connectivity index (χ2v) is 5.50. The highest BCUT2D eigenvalue weighted by Crippen LogP contribution is 2.15. The molecule has 7 heteroatoms. The van der Waals surface area contributed by atoms with Gasteiger partial charge in [0.05, 0.1) is 5.02 Å². The zero-order chi connectivity index (χ0) is 16.0. The van der Waals surface area contributed by atoms with Crippen molar-refractivity contribution in [2.24, 2.45) is 5.92 Å². The fourth-order valence-corrected chi connectivity index (χ4v) is 1.94. The molecule has 0 fully saturated rings. The third kappa shape index (κ3) is 5.99. The molecule has 0 saturated carbocycles. The second-order valence-electron chi connectivity index (χ2n) is 5.10. The van der Waals surface area contributed by atoms with Gasteiger partial charge in [0.1, 0.15) is 11.9 Å². The first-order chi connectivity index (χ1) is 9.79. The smallest absolute Gasteiger partial charge is 0.326 e. The van der Waals surface area contributed by atoms with Gasteiger partial charge in [-0.3, -0.25) is 0 Å². The number of carbonyl (C=O) groups is 2. The van der Waals surface area contributed by atoms with E-state index in [9.17, 15) is 14.0 Å². The van der Waals surface area contributed by atoms with Crippen molar-refractivity contribution in [1.82, 2.24) is 10.6 Å². The molecule has 0 aromatic heterocycles. The van der Waals surface area contributed by atoms with Crippen LogP contribution in [0.5, 0.6) is 0 Å². The van der Waals surface area contributed by atoms with Crippen LogP contribution in [-0.4, -0.2) is 23.1 Å². The van der Waals surface area contributed by atoms with Gasteiger partial charge < -0.3 is 15.7 Å². The van der Waals surface area contributed by atoms with Gasteiger partial charge in [0, 0.05) is 6.54 Å². The highest BCUT2D eigenvalue weighted by Gasteiger charge is 2.20. The predicted molar refractivity (Wildman–Crippen MR) is 77.7 cm³/mol. The first-order valence-corrected chi connectivity index (χ1v) is 6.88. The zero-order valence-electron chi connectivity index (χ0n) is 11.8. The monoisotopic (exact) mass is 316 g/mol. The molecular weight excluding hydrogens is 299 g/mol. The average molecular weight is 317 g/mol. The van der Waals surface area contributed by atoms with E-state index in [1.54, 1.807) is 0 Å². The van der Waals surface area contributed by atoms with Crippen LogP contribution in [0, 0.1) is 11.7 Å². The molecule has 0 aliphatic heterocycles. The summed E-state index contributed by atoms with van der Waals surface area (Å²) in [7, 11) is 0. The molecule has 1 atom stereocenters. The van der Waals surface area contributed by atoms with Gasteiger partial charge >= 0.3 is 12.0 Å². The van der Waals surface area contributed by atoms with E-state index in [0.717, 1.165) is 0 Å². The first-order valence-electron chi connectivity index (χ1n) is 6.50. The Morgan fingerprint density at radius 2 is 2.05 bits per heavy atom. The largest absolute Gasteiger partial charge is 0.480 e. The third-order valence-electron chi connectivity index (χ3n) is 2.75.